The van der Waals surface area contributed by atoms with Crippen molar-refractivity contribution < 1.29 is 23.1 Å². The van der Waals surface area contributed by atoms with Crippen LogP contribution in [-0.2, 0) is 19.6 Å². The van der Waals surface area contributed by atoms with Crippen LogP contribution in [0.3, 0.4) is 0 Å². The van der Waals surface area contributed by atoms with Crippen molar-refractivity contribution in [2.24, 2.45) is 0 Å². The fourth-order valence-electron chi connectivity index (χ4n) is 1.42. The molecule has 0 fully saturated rings. The summed E-state index contributed by atoms with van der Waals surface area (Å²) in [5.41, 5.74) is 0.916. The SMILES string of the molecule is COC(=O)[C@H](NS(=O)(=O)c1ccc(C)cc1)[C@H](C)O. The van der Waals surface area contributed by atoms with Crippen LogP contribution in [0.15, 0.2) is 29.2 Å². The number of nitrogens with one attached hydrogen (secondary N) is 1. The molecule has 0 unspecified atom stereocenters. The number of benzene rings is 1. The van der Waals surface area contributed by atoms with E-state index in [9.17, 15) is 18.3 Å². The summed E-state index contributed by atoms with van der Waals surface area (Å²) in [6, 6.07) is 4.80. The molecule has 2 atom stereocenters. The normalized spacial score (nSPS) is 14.7. The lowest BCUT2D eigenvalue weighted by atomic mass is 10.2. The predicted octanol–water partition coefficient (Wildman–Crippen LogP) is 0.196. The predicted molar refractivity (Wildman–Crippen MR) is 69.0 cm³/mol. The highest BCUT2D eigenvalue weighted by Crippen LogP contribution is 2.11. The van der Waals surface area contributed by atoms with Crippen molar-refractivity contribution in [2.75, 3.05) is 7.11 Å². The molecule has 1 rings (SSSR count). The van der Waals surface area contributed by atoms with Gasteiger partial charge in [0.05, 0.1) is 18.1 Å². The van der Waals surface area contributed by atoms with Crippen molar-refractivity contribution >= 4 is 16.0 Å². The monoisotopic (exact) mass is 287 g/mol. The zero-order chi connectivity index (χ0) is 14.6. The van der Waals surface area contributed by atoms with Crippen LogP contribution in [0.4, 0.5) is 0 Å². The van der Waals surface area contributed by atoms with Gasteiger partial charge < -0.3 is 9.84 Å². The van der Waals surface area contributed by atoms with Gasteiger partial charge in [-0.2, -0.15) is 4.72 Å². The van der Waals surface area contributed by atoms with Crippen molar-refractivity contribution in [3.8, 4) is 0 Å². The van der Waals surface area contributed by atoms with Crippen LogP contribution in [0.25, 0.3) is 0 Å². The number of aryl methyl sites for hydroxylation is 1. The summed E-state index contributed by atoms with van der Waals surface area (Å²) in [4.78, 5) is 11.4. The van der Waals surface area contributed by atoms with Crippen LogP contribution in [0, 0.1) is 6.92 Å². The minimum absolute atomic E-state index is 0.0210. The molecule has 19 heavy (non-hydrogen) atoms. The molecule has 0 radical (unpaired) electrons. The van der Waals surface area contributed by atoms with Gasteiger partial charge in [0.1, 0.15) is 6.04 Å². The third-order valence-electron chi connectivity index (χ3n) is 2.55. The van der Waals surface area contributed by atoms with Crippen molar-refractivity contribution in [1.82, 2.24) is 4.72 Å². The van der Waals surface area contributed by atoms with Gasteiger partial charge in [-0.3, -0.25) is 4.79 Å². The molecule has 1 aromatic carbocycles. The van der Waals surface area contributed by atoms with Crippen molar-refractivity contribution in [3.63, 3.8) is 0 Å². The molecule has 0 saturated heterocycles. The molecule has 0 aromatic heterocycles. The molecule has 6 nitrogen and oxygen atoms in total. The van der Waals surface area contributed by atoms with E-state index >= 15 is 0 Å². The number of aliphatic hydroxyl groups is 1. The summed E-state index contributed by atoms with van der Waals surface area (Å²) < 4.78 is 30.7. The van der Waals surface area contributed by atoms with Gasteiger partial charge in [-0.05, 0) is 26.0 Å². The Bertz CT molecular complexity index is 536. The molecular formula is C12H17NO5S. The molecule has 0 aliphatic rings. The van der Waals surface area contributed by atoms with Crippen LogP contribution >= 0.6 is 0 Å². The molecule has 0 aliphatic carbocycles. The Morgan fingerprint density at radius 2 is 1.84 bits per heavy atom. The van der Waals surface area contributed by atoms with Gasteiger partial charge in [-0.1, -0.05) is 17.7 Å². The number of hydrogen-bond donors (Lipinski definition) is 2. The summed E-state index contributed by atoms with van der Waals surface area (Å²) in [5, 5.41) is 9.44. The second kappa shape index (κ2) is 6.14. The molecule has 1 aromatic rings. The lowest BCUT2D eigenvalue weighted by Crippen LogP contribution is -2.48. The Morgan fingerprint density at radius 3 is 2.26 bits per heavy atom. The van der Waals surface area contributed by atoms with Crippen LogP contribution in [-0.4, -0.2) is 38.7 Å². The Kier molecular flexibility index (Phi) is 5.04. The maximum absolute atomic E-state index is 12.0. The first-order chi connectivity index (χ1) is 8.77. The number of carbonyl (C=O) groups is 1. The first kappa shape index (κ1) is 15.6. The van der Waals surface area contributed by atoms with Crippen LogP contribution in [0.2, 0.25) is 0 Å². The summed E-state index contributed by atoms with van der Waals surface area (Å²) in [6.45, 7) is 3.14. The topological polar surface area (TPSA) is 92.7 Å². The number of methoxy groups -OCH3 is 1. The third-order valence-corrected chi connectivity index (χ3v) is 4.01. The second-order valence-electron chi connectivity index (χ2n) is 4.18. The number of esters is 1. The lowest BCUT2D eigenvalue weighted by molar-refractivity contribution is -0.145. The van der Waals surface area contributed by atoms with Gasteiger partial charge in [0, 0.05) is 0 Å². The van der Waals surface area contributed by atoms with Gasteiger partial charge in [0.25, 0.3) is 0 Å². The first-order valence-corrected chi connectivity index (χ1v) is 7.11. The molecular weight excluding hydrogens is 270 g/mol. The quantitative estimate of drug-likeness (QED) is 0.754. The fourth-order valence-corrected chi connectivity index (χ4v) is 2.68. The zero-order valence-corrected chi connectivity index (χ0v) is 11.8. The molecule has 0 saturated carbocycles. The van der Waals surface area contributed by atoms with E-state index in [-0.39, 0.29) is 4.90 Å². The van der Waals surface area contributed by atoms with Crippen molar-refractivity contribution in [3.05, 3.63) is 29.8 Å². The Labute approximate surface area is 112 Å². The number of ether oxygens (including phenoxy) is 1. The number of sulfonamides is 1. The van der Waals surface area contributed by atoms with Crippen LogP contribution < -0.4 is 4.72 Å². The van der Waals surface area contributed by atoms with E-state index in [4.69, 9.17) is 0 Å². The largest absolute Gasteiger partial charge is 0.468 e. The van der Waals surface area contributed by atoms with Crippen molar-refractivity contribution in [2.45, 2.75) is 30.9 Å². The summed E-state index contributed by atoms with van der Waals surface area (Å²) in [6.07, 6.45) is -1.20. The van der Waals surface area contributed by atoms with Gasteiger partial charge in [-0.25, -0.2) is 8.42 Å². The smallest absolute Gasteiger partial charge is 0.326 e. The highest BCUT2D eigenvalue weighted by atomic mass is 32.2. The maximum Gasteiger partial charge on any atom is 0.326 e. The summed E-state index contributed by atoms with van der Waals surface area (Å²) in [5.74, 6) is -0.842. The third kappa shape index (κ3) is 4.02. The van der Waals surface area contributed by atoms with E-state index in [1.54, 1.807) is 12.1 Å². The van der Waals surface area contributed by atoms with Crippen LogP contribution in [0.1, 0.15) is 12.5 Å². The molecule has 0 spiro atoms. The average Bonchev–Trinajstić information content (AvgIpc) is 2.35. The first-order valence-electron chi connectivity index (χ1n) is 5.63. The van der Waals surface area contributed by atoms with E-state index in [2.05, 4.69) is 9.46 Å². The Balaban J connectivity index is 3.00. The van der Waals surface area contributed by atoms with E-state index < -0.39 is 28.1 Å². The molecule has 106 valence electrons. The standard InChI is InChI=1S/C12H17NO5S/c1-8-4-6-10(7-5-8)19(16,17)13-11(9(2)14)12(15)18-3/h4-7,9,11,13-14H,1-3H3/t9-,11+/m0/s1. The molecule has 0 aliphatic heterocycles. The van der Waals surface area contributed by atoms with E-state index in [0.717, 1.165) is 12.7 Å². The van der Waals surface area contributed by atoms with Gasteiger partial charge in [0.15, 0.2) is 0 Å². The van der Waals surface area contributed by atoms with Gasteiger partial charge in [-0.15, -0.1) is 0 Å². The van der Waals surface area contributed by atoms with E-state index in [1.807, 2.05) is 6.92 Å². The van der Waals surface area contributed by atoms with Crippen molar-refractivity contribution in [1.29, 1.82) is 0 Å². The molecule has 0 heterocycles. The fraction of sp³-hybridized carbons (Fsp3) is 0.417. The molecule has 0 amide bonds. The number of rotatable bonds is 5. The minimum atomic E-state index is -3.89. The van der Waals surface area contributed by atoms with Gasteiger partial charge >= 0.3 is 5.97 Å². The summed E-state index contributed by atoms with van der Waals surface area (Å²) in [7, 11) is -2.76. The number of carbonyl (C=O) groups excluding carboxylic acids is 1. The Morgan fingerprint density at radius 1 is 1.32 bits per heavy atom. The summed E-state index contributed by atoms with van der Waals surface area (Å²) >= 11 is 0. The average molecular weight is 287 g/mol. The van der Waals surface area contributed by atoms with Gasteiger partial charge in [0.2, 0.25) is 10.0 Å². The van der Waals surface area contributed by atoms with Crippen LogP contribution in [0.5, 0.6) is 0 Å². The minimum Gasteiger partial charge on any atom is -0.468 e. The zero-order valence-electron chi connectivity index (χ0n) is 11.0. The second-order valence-corrected chi connectivity index (χ2v) is 5.89. The molecule has 0 bridgehead atoms. The van der Waals surface area contributed by atoms with E-state index in [1.165, 1.54) is 19.1 Å². The number of aliphatic hydroxyl groups excluding tert-OH is 1. The molecule has 7 heteroatoms. The lowest BCUT2D eigenvalue weighted by Gasteiger charge is -2.18. The highest BCUT2D eigenvalue weighted by molar-refractivity contribution is 7.89. The highest BCUT2D eigenvalue weighted by Gasteiger charge is 2.30. The Hall–Kier alpha value is -1.44. The molecule has 2 N–H and O–H groups in total. The van der Waals surface area contributed by atoms with E-state index in [0.29, 0.717) is 0 Å². The number of hydrogen-bond acceptors (Lipinski definition) is 5. The maximum atomic E-state index is 12.0.